The summed E-state index contributed by atoms with van der Waals surface area (Å²) in [7, 11) is 0. The van der Waals surface area contributed by atoms with Crippen molar-refractivity contribution in [3.8, 4) is 21.7 Å². The third-order valence-corrected chi connectivity index (χ3v) is 5.27. The molecule has 0 radical (unpaired) electrons. The van der Waals surface area contributed by atoms with Crippen LogP contribution in [0.5, 0.6) is 0 Å². The lowest BCUT2D eigenvalue weighted by atomic mass is 10.1. The summed E-state index contributed by atoms with van der Waals surface area (Å²) in [5, 5.41) is 2.92. The zero-order valence-corrected chi connectivity index (χ0v) is 15.6. The molecule has 0 fully saturated rings. The standard InChI is InChI=1S/C16H6Cl2F4N4OS/c17-13-6(4-7(19)14(18)24-13)8-5-10(27)26-15(23-8)11(9-2-1-3-28-9)12(25-26)16(20,21)22/h1-5,25H. The van der Waals surface area contributed by atoms with Gasteiger partial charge in [-0.3, -0.25) is 9.89 Å². The maximum atomic E-state index is 13.8. The summed E-state index contributed by atoms with van der Waals surface area (Å²) in [6, 6.07) is 4.88. The number of H-pyrrole nitrogens is 1. The minimum absolute atomic E-state index is 0.0740. The monoisotopic (exact) mass is 448 g/mol. The highest BCUT2D eigenvalue weighted by Gasteiger charge is 2.38. The molecule has 0 aromatic carbocycles. The van der Waals surface area contributed by atoms with Crippen molar-refractivity contribution in [2.24, 2.45) is 0 Å². The average molecular weight is 449 g/mol. The highest BCUT2D eigenvalue weighted by atomic mass is 35.5. The second-order valence-electron chi connectivity index (χ2n) is 5.57. The molecular weight excluding hydrogens is 443 g/mol. The van der Waals surface area contributed by atoms with Crippen LogP contribution in [-0.4, -0.2) is 19.6 Å². The summed E-state index contributed by atoms with van der Waals surface area (Å²) in [6.07, 6.45) is -4.76. The number of hydrogen-bond acceptors (Lipinski definition) is 4. The number of aromatic amines is 1. The Morgan fingerprint density at radius 3 is 2.54 bits per heavy atom. The van der Waals surface area contributed by atoms with Crippen LogP contribution in [0.4, 0.5) is 17.6 Å². The van der Waals surface area contributed by atoms with Crippen LogP contribution in [0.2, 0.25) is 10.3 Å². The number of alkyl halides is 3. The molecule has 12 heteroatoms. The maximum Gasteiger partial charge on any atom is 0.433 e. The summed E-state index contributed by atoms with van der Waals surface area (Å²) in [6.45, 7) is 0. The highest BCUT2D eigenvalue weighted by molar-refractivity contribution is 7.13. The van der Waals surface area contributed by atoms with Crippen LogP contribution >= 0.6 is 34.5 Å². The molecule has 0 unspecified atom stereocenters. The molecule has 0 amide bonds. The first-order valence-electron chi connectivity index (χ1n) is 7.45. The molecule has 0 aliphatic heterocycles. The SMILES string of the molecule is O=c1cc(-c2cc(F)c(Cl)nc2Cl)nc2c(-c3cccs3)c(C(F)(F)F)[nH]n12. The Bertz CT molecular complexity index is 1260. The van der Waals surface area contributed by atoms with Gasteiger partial charge in [0.2, 0.25) is 0 Å². The van der Waals surface area contributed by atoms with E-state index in [2.05, 4.69) is 15.1 Å². The third kappa shape index (κ3) is 3.07. The summed E-state index contributed by atoms with van der Waals surface area (Å²) in [4.78, 5) is 20.4. The Kier molecular flexibility index (Phi) is 4.44. The second kappa shape index (κ2) is 6.57. The fourth-order valence-electron chi connectivity index (χ4n) is 2.66. The van der Waals surface area contributed by atoms with Crippen LogP contribution in [0.15, 0.2) is 34.4 Å². The number of rotatable bonds is 2. The number of hydrogen-bond donors (Lipinski definition) is 1. The van der Waals surface area contributed by atoms with Gasteiger partial charge in [0.25, 0.3) is 5.56 Å². The predicted molar refractivity (Wildman–Crippen MR) is 97.3 cm³/mol. The van der Waals surface area contributed by atoms with Crippen LogP contribution in [0, 0.1) is 5.82 Å². The molecule has 4 aromatic heterocycles. The molecule has 4 heterocycles. The molecule has 5 nitrogen and oxygen atoms in total. The van der Waals surface area contributed by atoms with Crippen molar-refractivity contribution in [1.29, 1.82) is 0 Å². The van der Waals surface area contributed by atoms with E-state index in [1.165, 1.54) is 6.07 Å². The van der Waals surface area contributed by atoms with E-state index in [1.54, 1.807) is 11.4 Å². The molecule has 4 aromatic rings. The molecule has 1 N–H and O–H groups in total. The zero-order chi connectivity index (χ0) is 20.2. The molecule has 0 saturated heterocycles. The van der Waals surface area contributed by atoms with Crippen molar-refractivity contribution in [3.05, 3.63) is 61.8 Å². The number of halogens is 6. The Labute approximate surface area is 167 Å². The van der Waals surface area contributed by atoms with Gasteiger partial charge in [-0.2, -0.15) is 13.2 Å². The maximum absolute atomic E-state index is 13.8. The van der Waals surface area contributed by atoms with Gasteiger partial charge in [0.15, 0.2) is 16.6 Å². The van der Waals surface area contributed by atoms with Crippen LogP contribution < -0.4 is 5.56 Å². The number of aromatic nitrogens is 4. The highest BCUT2D eigenvalue weighted by Crippen LogP contribution is 2.40. The molecule has 0 aliphatic rings. The molecule has 0 saturated carbocycles. The minimum Gasteiger partial charge on any atom is -0.284 e. The first-order chi connectivity index (χ1) is 13.2. The topological polar surface area (TPSA) is 63.0 Å². The van der Waals surface area contributed by atoms with Crippen LogP contribution in [0.25, 0.3) is 27.3 Å². The Balaban J connectivity index is 2.08. The predicted octanol–water partition coefficient (Wildman–Crippen LogP) is 5.28. The largest absolute Gasteiger partial charge is 0.433 e. The van der Waals surface area contributed by atoms with Gasteiger partial charge in [0, 0.05) is 16.5 Å². The van der Waals surface area contributed by atoms with E-state index in [0.29, 0.717) is 4.52 Å². The fraction of sp³-hybridized carbons (Fsp3) is 0.0625. The van der Waals surface area contributed by atoms with Crippen molar-refractivity contribution in [2.75, 3.05) is 0 Å². The van der Waals surface area contributed by atoms with E-state index in [0.717, 1.165) is 23.5 Å². The van der Waals surface area contributed by atoms with E-state index in [9.17, 15) is 22.4 Å². The molecule has 144 valence electrons. The van der Waals surface area contributed by atoms with Gasteiger partial charge >= 0.3 is 6.18 Å². The average Bonchev–Trinajstić information content (AvgIpc) is 3.24. The van der Waals surface area contributed by atoms with Gasteiger partial charge in [-0.15, -0.1) is 11.3 Å². The first kappa shape index (κ1) is 18.9. The lowest BCUT2D eigenvalue weighted by Gasteiger charge is -2.06. The van der Waals surface area contributed by atoms with Crippen LogP contribution in [0.3, 0.4) is 0 Å². The second-order valence-corrected chi connectivity index (χ2v) is 7.24. The van der Waals surface area contributed by atoms with Crippen molar-refractivity contribution < 1.29 is 17.6 Å². The number of pyridine rings is 1. The van der Waals surface area contributed by atoms with E-state index in [4.69, 9.17) is 23.2 Å². The molecule has 0 atom stereocenters. The molecule has 0 bridgehead atoms. The summed E-state index contributed by atoms with van der Waals surface area (Å²) >= 11 is 12.6. The van der Waals surface area contributed by atoms with E-state index >= 15 is 0 Å². The van der Waals surface area contributed by atoms with Crippen LogP contribution in [0.1, 0.15) is 5.69 Å². The van der Waals surface area contributed by atoms with Crippen molar-refractivity contribution in [1.82, 2.24) is 19.6 Å². The number of nitrogens with one attached hydrogen (secondary N) is 1. The summed E-state index contributed by atoms with van der Waals surface area (Å²) in [5.74, 6) is -0.911. The number of thiophene rings is 1. The first-order valence-corrected chi connectivity index (χ1v) is 9.09. The molecular formula is C16H6Cl2F4N4OS. The zero-order valence-electron chi connectivity index (χ0n) is 13.3. The van der Waals surface area contributed by atoms with Gasteiger partial charge < -0.3 is 0 Å². The number of fused-ring (bicyclic) bond motifs is 1. The Morgan fingerprint density at radius 2 is 1.89 bits per heavy atom. The minimum atomic E-state index is -4.76. The van der Waals surface area contributed by atoms with Gasteiger partial charge in [-0.05, 0) is 17.5 Å². The van der Waals surface area contributed by atoms with Crippen molar-refractivity contribution in [3.63, 3.8) is 0 Å². The molecule has 4 rings (SSSR count). The summed E-state index contributed by atoms with van der Waals surface area (Å²) < 4.78 is 55.1. The Morgan fingerprint density at radius 1 is 1.14 bits per heavy atom. The molecule has 0 spiro atoms. The quantitative estimate of drug-likeness (QED) is 0.335. The summed E-state index contributed by atoms with van der Waals surface area (Å²) in [5.41, 5.74) is -2.73. The van der Waals surface area contributed by atoms with Gasteiger partial charge in [0.1, 0.15) is 10.8 Å². The van der Waals surface area contributed by atoms with E-state index in [-0.39, 0.29) is 32.5 Å². The van der Waals surface area contributed by atoms with Crippen molar-refractivity contribution >= 4 is 40.2 Å². The van der Waals surface area contributed by atoms with Crippen molar-refractivity contribution in [2.45, 2.75) is 6.18 Å². The van der Waals surface area contributed by atoms with Crippen LogP contribution in [-0.2, 0) is 6.18 Å². The molecule has 28 heavy (non-hydrogen) atoms. The molecule has 0 aliphatic carbocycles. The normalized spacial score (nSPS) is 12.1. The Hall–Kier alpha value is -2.43. The number of nitrogens with zero attached hydrogens (tertiary/aromatic N) is 3. The van der Waals surface area contributed by atoms with Gasteiger partial charge in [0.05, 0.1) is 11.3 Å². The van der Waals surface area contributed by atoms with E-state index < -0.39 is 28.4 Å². The van der Waals surface area contributed by atoms with E-state index in [1.807, 2.05) is 0 Å². The lowest BCUT2D eigenvalue weighted by molar-refractivity contribution is -0.140. The smallest absolute Gasteiger partial charge is 0.284 e. The third-order valence-electron chi connectivity index (χ3n) is 3.83. The van der Waals surface area contributed by atoms with Gasteiger partial charge in [-0.1, -0.05) is 29.3 Å². The lowest BCUT2D eigenvalue weighted by Crippen LogP contribution is -2.15. The van der Waals surface area contributed by atoms with Gasteiger partial charge in [-0.25, -0.2) is 18.9 Å². The fourth-order valence-corrected chi connectivity index (χ4v) is 3.85.